The Labute approximate surface area is 181 Å². The van der Waals surface area contributed by atoms with Gasteiger partial charge in [-0.3, -0.25) is 10.1 Å². The van der Waals surface area contributed by atoms with Crippen molar-refractivity contribution in [2.45, 2.75) is 19.4 Å². The van der Waals surface area contributed by atoms with Gasteiger partial charge in [0.05, 0.1) is 36.3 Å². The summed E-state index contributed by atoms with van der Waals surface area (Å²) in [5.74, 6) is 0. The molecule has 1 atom stereocenters. The van der Waals surface area contributed by atoms with Crippen molar-refractivity contribution >= 4 is 28.7 Å². The number of aliphatic hydroxyl groups excluding tert-OH is 1. The molecule has 0 bridgehead atoms. The Hall–Kier alpha value is -2.39. The fourth-order valence-electron chi connectivity index (χ4n) is 3.08. The normalized spacial score (nSPS) is 13.0. The second kappa shape index (κ2) is 11.1. The van der Waals surface area contributed by atoms with E-state index in [1.165, 1.54) is 23.8 Å². The van der Waals surface area contributed by atoms with Gasteiger partial charge in [0.1, 0.15) is 18.3 Å². The summed E-state index contributed by atoms with van der Waals surface area (Å²) in [7, 11) is 4.23. The highest BCUT2D eigenvalue weighted by Gasteiger charge is 2.16. The Bertz CT molecular complexity index is 869. The molecule has 0 aliphatic carbocycles. The summed E-state index contributed by atoms with van der Waals surface area (Å²) in [4.78, 5) is 10.2. The van der Waals surface area contributed by atoms with E-state index in [-0.39, 0.29) is 16.8 Å². The van der Waals surface area contributed by atoms with Crippen molar-refractivity contribution in [3.05, 3.63) is 63.2 Å². The highest BCUT2D eigenvalue weighted by Crippen LogP contribution is 2.30. The molecule has 0 spiro atoms. The summed E-state index contributed by atoms with van der Waals surface area (Å²) in [6.45, 7) is 5.27. The van der Waals surface area contributed by atoms with E-state index in [0.29, 0.717) is 11.4 Å². The van der Waals surface area contributed by atoms with Gasteiger partial charge in [-0.1, -0.05) is 23.7 Å². The number of nitro groups is 1. The predicted octanol–water partition coefficient (Wildman–Crippen LogP) is 4.25. The minimum atomic E-state index is -0.504. The lowest BCUT2D eigenvalue weighted by molar-refractivity contribution is -0.892. The number of halogens is 1. The standard InChI is InChI=1S/C21H29ClN5O3/c1-16(28)15-27(2,3)13-12-23-11-10-17-4-6-18(7-5-17)24-25-21-9-8-19(26(29)30)14-20(21)22/h4-9,14,16,23,28H,10-13,15H2,1-3H3/q+1. The van der Waals surface area contributed by atoms with E-state index in [1.54, 1.807) is 0 Å². The summed E-state index contributed by atoms with van der Waals surface area (Å²) in [6.07, 6.45) is 0.599. The zero-order chi connectivity index (χ0) is 22.1. The smallest absolute Gasteiger partial charge is 0.271 e. The number of hydrogen-bond acceptors (Lipinski definition) is 6. The number of nitro benzene ring substituents is 1. The van der Waals surface area contributed by atoms with Gasteiger partial charge >= 0.3 is 0 Å². The molecule has 2 aromatic carbocycles. The lowest BCUT2D eigenvalue weighted by atomic mass is 10.1. The quantitative estimate of drug-likeness (QED) is 0.181. The Morgan fingerprint density at radius 1 is 1.17 bits per heavy atom. The molecule has 162 valence electrons. The van der Waals surface area contributed by atoms with E-state index in [9.17, 15) is 15.2 Å². The van der Waals surface area contributed by atoms with Crippen LogP contribution in [-0.4, -0.2) is 60.9 Å². The number of likely N-dealkylation sites (N-methyl/N-ethyl adjacent to an activating group) is 1. The van der Waals surface area contributed by atoms with Crippen molar-refractivity contribution in [1.82, 2.24) is 5.32 Å². The van der Waals surface area contributed by atoms with Gasteiger partial charge in [-0.25, -0.2) is 0 Å². The van der Waals surface area contributed by atoms with E-state index < -0.39 is 4.92 Å². The average Bonchev–Trinajstić information content (AvgIpc) is 2.66. The largest absolute Gasteiger partial charge is 0.388 e. The van der Waals surface area contributed by atoms with Crippen LogP contribution in [-0.2, 0) is 6.42 Å². The molecule has 30 heavy (non-hydrogen) atoms. The minimum absolute atomic E-state index is 0.0811. The van der Waals surface area contributed by atoms with Crippen LogP contribution in [0.15, 0.2) is 52.7 Å². The van der Waals surface area contributed by atoms with E-state index in [1.807, 2.05) is 31.2 Å². The van der Waals surface area contributed by atoms with Crippen LogP contribution in [0.1, 0.15) is 12.5 Å². The molecular weight excluding hydrogens is 406 g/mol. The molecule has 0 amide bonds. The maximum Gasteiger partial charge on any atom is 0.271 e. The molecule has 0 aliphatic rings. The summed E-state index contributed by atoms with van der Waals surface area (Å²) < 4.78 is 0.781. The number of non-ortho nitro benzene ring substituents is 1. The van der Waals surface area contributed by atoms with Gasteiger partial charge in [0.2, 0.25) is 0 Å². The van der Waals surface area contributed by atoms with Crippen LogP contribution >= 0.6 is 11.6 Å². The molecule has 0 aliphatic heterocycles. The van der Waals surface area contributed by atoms with E-state index in [0.717, 1.165) is 37.1 Å². The number of hydrogen-bond donors (Lipinski definition) is 2. The molecule has 0 saturated carbocycles. The van der Waals surface area contributed by atoms with E-state index >= 15 is 0 Å². The monoisotopic (exact) mass is 434 g/mol. The molecule has 9 heteroatoms. The summed E-state index contributed by atoms with van der Waals surface area (Å²) >= 11 is 6.02. The van der Waals surface area contributed by atoms with Crippen LogP contribution in [0.3, 0.4) is 0 Å². The first-order valence-corrected chi connectivity index (χ1v) is 10.2. The summed E-state index contributed by atoms with van der Waals surface area (Å²) in [5, 5.41) is 32.1. The van der Waals surface area contributed by atoms with Crippen molar-refractivity contribution in [2.24, 2.45) is 10.2 Å². The molecule has 8 nitrogen and oxygen atoms in total. The number of nitrogens with zero attached hydrogens (tertiary/aromatic N) is 4. The number of aliphatic hydroxyl groups is 1. The summed E-state index contributed by atoms with van der Waals surface area (Å²) in [6, 6.07) is 11.8. The van der Waals surface area contributed by atoms with Crippen LogP contribution in [0.5, 0.6) is 0 Å². The Kier molecular flexibility index (Phi) is 8.86. The number of azo groups is 1. The number of benzene rings is 2. The summed E-state index contributed by atoms with van der Waals surface area (Å²) in [5.41, 5.74) is 2.17. The van der Waals surface area contributed by atoms with Gasteiger partial charge < -0.3 is 14.9 Å². The molecule has 1 unspecified atom stereocenters. The number of quaternary nitrogens is 1. The number of rotatable bonds is 11. The fourth-order valence-corrected chi connectivity index (χ4v) is 3.29. The van der Waals surface area contributed by atoms with Gasteiger partial charge in [-0.05, 0) is 43.7 Å². The molecule has 0 radical (unpaired) electrons. The Morgan fingerprint density at radius 2 is 1.87 bits per heavy atom. The van der Waals surface area contributed by atoms with Gasteiger partial charge in [-0.15, -0.1) is 5.11 Å². The molecule has 0 fully saturated rings. The maximum absolute atomic E-state index is 10.7. The lowest BCUT2D eigenvalue weighted by Crippen LogP contribution is -2.48. The maximum atomic E-state index is 10.7. The highest BCUT2D eigenvalue weighted by molar-refractivity contribution is 6.33. The SMILES string of the molecule is CC(O)C[N+](C)(C)CCNCCc1ccc(N=Nc2ccc([N+](=O)[O-])cc2Cl)cc1. The van der Waals surface area contributed by atoms with Crippen LogP contribution in [0.25, 0.3) is 0 Å². The molecule has 2 N–H and O–H groups in total. The molecule has 2 aromatic rings. The third-order valence-corrected chi connectivity index (χ3v) is 4.90. The fraction of sp³-hybridized carbons (Fsp3) is 0.429. The van der Waals surface area contributed by atoms with Crippen molar-refractivity contribution in [1.29, 1.82) is 0 Å². The van der Waals surface area contributed by atoms with Gasteiger partial charge in [0.15, 0.2) is 0 Å². The lowest BCUT2D eigenvalue weighted by Gasteiger charge is -2.31. The molecule has 2 rings (SSSR count). The molecule has 0 aromatic heterocycles. The topological polar surface area (TPSA) is 100 Å². The number of nitrogens with one attached hydrogen (secondary N) is 1. The van der Waals surface area contributed by atoms with Gasteiger partial charge in [-0.2, -0.15) is 5.11 Å². The molecule has 0 saturated heterocycles. The Morgan fingerprint density at radius 3 is 2.47 bits per heavy atom. The zero-order valence-corrected chi connectivity index (χ0v) is 18.3. The van der Waals surface area contributed by atoms with E-state index in [2.05, 4.69) is 29.6 Å². The third-order valence-electron chi connectivity index (χ3n) is 4.59. The third kappa shape index (κ3) is 8.16. The zero-order valence-electron chi connectivity index (χ0n) is 17.6. The van der Waals surface area contributed by atoms with Crippen LogP contribution in [0.4, 0.5) is 17.1 Å². The Balaban J connectivity index is 1.80. The van der Waals surface area contributed by atoms with Gasteiger partial charge in [0.25, 0.3) is 5.69 Å². The van der Waals surface area contributed by atoms with Crippen LogP contribution in [0.2, 0.25) is 5.02 Å². The second-order valence-electron chi connectivity index (χ2n) is 7.95. The minimum Gasteiger partial charge on any atom is -0.388 e. The van der Waals surface area contributed by atoms with Crippen LogP contribution < -0.4 is 5.32 Å². The second-order valence-corrected chi connectivity index (χ2v) is 8.36. The highest BCUT2D eigenvalue weighted by atomic mass is 35.5. The van der Waals surface area contributed by atoms with Crippen molar-refractivity contribution in [3.8, 4) is 0 Å². The van der Waals surface area contributed by atoms with Crippen molar-refractivity contribution < 1.29 is 14.5 Å². The van der Waals surface area contributed by atoms with Crippen LogP contribution in [0, 0.1) is 10.1 Å². The first kappa shape index (κ1) is 23.9. The van der Waals surface area contributed by atoms with Crippen molar-refractivity contribution in [2.75, 3.05) is 40.3 Å². The predicted molar refractivity (Wildman–Crippen MR) is 119 cm³/mol. The first-order chi connectivity index (χ1) is 14.2. The first-order valence-electron chi connectivity index (χ1n) is 9.82. The van der Waals surface area contributed by atoms with Crippen molar-refractivity contribution in [3.63, 3.8) is 0 Å². The average molecular weight is 435 g/mol. The molecule has 0 heterocycles. The molecular formula is C21H29ClN5O3+. The van der Waals surface area contributed by atoms with Gasteiger partial charge in [0, 0.05) is 18.7 Å². The van der Waals surface area contributed by atoms with E-state index in [4.69, 9.17) is 11.6 Å².